The van der Waals surface area contributed by atoms with Crippen molar-refractivity contribution in [3.05, 3.63) is 83.7 Å². The first kappa shape index (κ1) is 22.0. The summed E-state index contributed by atoms with van der Waals surface area (Å²) in [7, 11) is 0. The molecule has 0 saturated carbocycles. The van der Waals surface area contributed by atoms with Gasteiger partial charge in [0.25, 0.3) is 5.91 Å². The zero-order valence-corrected chi connectivity index (χ0v) is 19.6. The summed E-state index contributed by atoms with van der Waals surface area (Å²) >= 11 is 1.48. The van der Waals surface area contributed by atoms with Gasteiger partial charge in [0.1, 0.15) is 5.75 Å². The molecule has 2 aromatic heterocycles. The van der Waals surface area contributed by atoms with E-state index in [-0.39, 0.29) is 11.3 Å². The lowest BCUT2D eigenvalue weighted by atomic mass is 9.86. The first-order valence-corrected chi connectivity index (χ1v) is 11.5. The highest BCUT2D eigenvalue weighted by Crippen LogP contribution is 2.33. The zero-order valence-electron chi connectivity index (χ0n) is 18.8. The molecule has 0 fully saturated rings. The lowest BCUT2D eigenvalue weighted by Crippen LogP contribution is -2.30. The maximum absolute atomic E-state index is 13.6. The summed E-state index contributed by atoms with van der Waals surface area (Å²) in [6.45, 7) is 9.39. The van der Waals surface area contributed by atoms with Crippen molar-refractivity contribution in [2.75, 3.05) is 11.5 Å². The van der Waals surface area contributed by atoms with Gasteiger partial charge in [-0.05, 0) is 60.4 Å². The molecule has 32 heavy (non-hydrogen) atoms. The Morgan fingerprint density at radius 2 is 1.84 bits per heavy atom. The number of carbonyl (C=O) groups is 1. The second-order valence-electron chi connectivity index (χ2n) is 8.60. The molecule has 1 amide bonds. The molecule has 0 aliphatic rings. The second-order valence-corrected chi connectivity index (χ2v) is 9.61. The highest BCUT2D eigenvalue weighted by Gasteiger charge is 2.23. The van der Waals surface area contributed by atoms with Gasteiger partial charge in [-0.25, -0.2) is 4.98 Å². The Morgan fingerprint density at radius 1 is 1.06 bits per heavy atom. The van der Waals surface area contributed by atoms with Crippen molar-refractivity contribution in [1.82, 2.24) is 9.97 Å². The summed E-state index contributed by atoms with van der Waals surface area (Å²) in [5.74, 6) is 0.704. The fraction of sp³-hybridized carbons (Fsp3) is 0.269. The number of rotatable bonds is 6. The minimum atomic E-state index is -0.0970. The van der Waals surface area contributed by atoms with Crippen molar-refractivity contribution >= 4 is 32.6 Å². The monoisotopic (exact) mass is 445 g/mol. The number of amides is 1. The normalized spacial score (nSPS) is 11.5. The number of pyridine rings is 1. The van der Waals surface area contributed by atoms with Crippen molar-refractivity contribution in [1.29, 1.82) is 0 Å². The van der Waals surface area contributed by atoms with Gasteiger partial charge in [-0.3, -0.25) is 14.7 Å². The number of hydrogen-bond donors (Lipinski definition) is 0. The molecular weight excluding hydrogens is 418 g/mol. The number of hydrogen-bond acceptors (Lipinski definition) is 5. The number of benzene rings is 2. The summed E-state index contributed by atoms with van der Waals surface area (Å²) in [4.78, 5) is 24.5. The predicted octanol–water partition coefficient (Wildman–Crippen LogP) is 6.23. The minimum Gasteiger partial charge on any atom is -0.494 e. The van der Waals surface area contributed by atoms with Gasteiger partial charge in [-0.1, -0.05) is 50.3 Å². The van der Waals surface area contributed by atoms with Crippen LogP contribution < -0.4 is 9.64 Å². The molecule has 0 spiro atoms. The molecule has 2 heterocycles. The van der Waals surface area contributed by atoms with E-state index in [4.69, 9.17) is 9.72 Å². The summed E-state index contributed by atoms with van der Waals surface area (Å²) in [5, 5.41) is 0.643. The predicted molar refractivity (Wildman–Crippen MR) is 131 cm³/mol. The van der Waals surface area contributed by atoms with Gasteiger partial charge in [0.15, 0.2) is 5.13 Å². The quantitative estimate of drug-likeness (QED) is 0.353. The molecule has 164 valence electrons. The van der Waals surface area contributed by atoms with E-state index in [1.807, 2.05) is 67.6 Å². The molecule has 4 aromatic rings. The maximum Gasteiger partial charge on any atom is 0.260 e. The summed E-state index contributed by atoms with van der Waals surface area (Å²) in [6.07, 6.45) is 1.74. The molecule has 4 rings (SSSR count). The van der Waals surface area contributed by atoms with E-state index in [2.05, 4.69) is 25.8 Å². The molecule has 2 aromatic carbocycles. The third-order valence-corrected chi connectivity index (χ3v) is 6.22. The van der Waals surface area contributed by atoms with E-state index in [0.29, 0.717) is 23.8 Å². The van der Waals surface area contributed by atoms with Crippen molar-refractivity contribution in [3.8, 4) is 5.75 Å². The Morgan fingerprint density at radius 3 is 2.50 bits per heavy atom. The lowest BCUT2D eigenvalue weighted by molar-refractivity contribution is 0.0984. The second kappa shape index (κ2) is 9.09. The molecule has 0 unspecified atom stereocenters. The Hall–Kier alpha value is -3.25. The number of carbonyl (C=O) groups excluding carboxylic acids is 1. The van der Waals surface area contributed by atoms with E-state index in [9.17, 15) is 4.79 Å². The van der Waals surface area contributed by atoms with E-state index >= 15 is 0 Å². The van der Waals surface area contributed by atoms with Crippen LogP contribution in [-0.2, 0) is 12.0 Å². The number of fused-ring (bicyclic) bond motifs is 1. The van der Waals surface area contributed by atoms with Crippen LogP contribution in [0.15, 0.2) is 66.9 Å². The average molecular weight is 446 g/mol. The van der Waals surface area contributed by atoms with E-state index in [0.717, 1.165) is 21.7 Å². The average Bonchev–Trinajstić information content (AvgIpc) is 3.20. The number of aromatic nitrogens is 2. The third kappa shape index (κ3) is 4.81. The maximum atomic E-state index is 13.6. The minimum absolute atomic E-state index is 0.0283. The van der Waals surface area contributed by atoms with E-state index in [1.165, 1.54) is 16.9 Å². The number of nitrogens with zero attached hydrogens (tertiary/aromatic N) is 3. The molecule has 0 saturated heterocycles. The molecule has 0 N–H and O–H groups in total. The van der Waals surface area contributed by atoms with Crippen LogP contribution in [0.2, 0.25) is 0 Å². The molecule has 0 atom stereocenters. The SMILES string of the molecule is CCOc1ccc2nc(N(Cc3ccccn3)C(=O)c3ccc(C(C)(C)C)cc3)sc2c1. The van der Waals surface area contributed by atoms with E-state index < -0.39 is 0 Å². The van der Waals surface area contributed by atoms with Gasteiger partial charge in [-0.15, -0.1) is 0 Å². The van der Waals surface area contributed by atoms with Crippen LogP contribution >= 0.6 is 11.3 Å². The molecule has 0 aliphatic heterocycles. The Bertz CT molecular complexity index is 1210. The molecular formula is C26H27N3O2S. The Kier molecular flexibility index (Phi) is 6.24. The third-order valence-electron chi connectivity index (χ3n) is 5.18. The Balaban J connectivity index is 1.71. The van der Waals surface area contributed by atoms with Gasteiger partial charge in [-0.2, -0.15) is 0 Å². The standard InChI is InChI=1S/C26H27N3O2S/c1-5-31-21-13-14-22-23(16-21)32-25(28-22)29(17-20-8-6-7-15-27-20)24(30)18-9-11-19(12-10-18)26(2,3)4/h6-16H,5,17H2,1-4H3. The highest BCUT2D eigenvalue weighted by molar-refractivity contribution is 7.22. The van der Waals surface area contributed by atoms with Gasteiger partial charge in [0.2, 0.25) is 0 Å². The summed E-state index contributed by atoms with van der Waals surface area (Å²) in [5.41, 5.74) is 3.49. The van der Waals surface area contributed by atoms with E-state index in [1.54, 1.807) is 11.1 Å². The van der Waals surface area contributed by atoms with Crippen molar-refractivity contribution in [2.45, 2.75) is 39.7 Å². The molecule has 0 bridgehead atoms. The highest BCUT2D eigenvalue weighted by atomic mass is 32.1. The Labute approximate surface area is 192 Å². The summed E-state index contributed by atoms with van der Waals surface area (Å²) in [6, 6.07) is 19.4. The van der Waals surface area contributed by atoms with Crippen LogP contribution in [0.1, 0.15) is 49.3 Å². The number of thiazole rings is 1. The van der Waals surface area contributed by atoms with Crippen LogP contribution in [0.5, 0.6) is 5.75 Å². The fourth-order valence-corrected chi connectivity index (χ4v) is 4.40. The van der Waals surface area contributed by atoms with Gasteiger partial charge < -0.3 is 4.74 Å². The topological polar surface area (TPSA) is 55.3 Å². The van der Waals surface area contributed by atoms with Crippen LogP contribution in [-0.4, -0.2) is 22.5 Å². The van der Waals surface area contributed by atoms with Gasteiger partial charge in [0, 0.05) is 11.8 Å². The van der Waals surface area contributed by atoms with Crippen molar-refractivity contribution in [3.63, 3.8) is 0 Å². The number of anilines is 1. The fourth-order valence-electron chi connectivity index (χ4n) is 3.41. The largest absolute Gasteiger partial charge is 0.494 e. The van der Waals surface area contributed by atoms with Gasteiger partial charge >= 0.3 is 0 Å². The summed E-state index contributed by atoms with van der Waals surface area (Å²) < 4.78 is 6.60. The van der Waals surface area contributed by atoms with Crippen LogP contribution in [0.3, 0.4) is 0 Å². The van der Waals surface area contributed by atoms with Gasteiger partial charge in [0.05, 0.1) is 29.1 Å². The van der Waals surface area contributed by atoms with Crippen molar-refractivity contribution in [2.24, 2.45) is 0 Å². The van der Waals surface area contributed by atoms with Crippen molar-refractivity contribution < 1.29 is 9.53 Å². The smallest absolute Gasteiger partial charge is 0.260 e. The van der Waals surface area contributed by atoms with Crippen LogP contribution in [0.25, 0.3) is 10.2 Å². The first-order valence-electron chi connectivity index (χ1n) is 10.7. The molecule has 6 heteroatoms. The molecule has 0 aliphatic carbocycles. The number of ether oxygens (including phenoxy) is 1. The van der Waals surface area contributed by atoms with Crippen LogP contribution in [0.4, 0.5) is 5.13 Å². The first-order chi connectivity index (χ1) is 15.3. The lowest BCUT2D eigenvalue weighted by Gasteiger charge is -2.21. The molecule has 0 radical (unpaired) electrons. The van der Waals surface area contributed by atoms with Crippen LogP contribution in [0, 0.1) is 0 Å². The molecule has 5 nitrogen and oxygen atoms in total. The zero-order chi connectivity index (χ0) is 22.7.